The number of hydrogen-bond donors (Lipinski definition) is 1. The van der Waals surface area contributed by atoms with Gasteiger partial charge >= 0.3 is 0 Å². The molecule has 15 heavy (non-hydrogen) atoms. The number of imide groups is 1. The molecule has 1 aliphatic rings. The van der Waals surface area contributed by atoms with E-state index in [1.54, 1.807) is 4.31 Å². The maximum Gasteiger partial charge on any atom is 0.241 e. The fraction of sp³-hybridized carbons (Fsp3) is 0.200. The number of nitrogens with zero attached hydrogens (tertiary/aromatic N) is 1. The van der Waals surface area contributed by atoms with Crippen LogP contribution in [0.15, 0.2) is 35.2 Å². The average molecular weight is 222 g/mol. The molecule has 2 rings (SSSR count). The molecule has 1 aromatic carbocycles. The van der Waals surface area contributed by atoms with Crippen molar-refractivity contribution in [2.24, 2.45) is 0 Å². The summed E-state index contributed by atoms with van der Waals surface area (Å²) in [6, 6.07) is 9.67. The topological polar surface area (TPSA) is 49.4 Å². The Hall–Kier alpha value is -1.33. The Morgan fingerprint density at radius 3 is 2.27 bits per heavy atom. The van der Waals surface area contributed by atoms with E-state index < -0.39 is 0 Å². The molecule has 0 unspecified atom stereocenters. The van der Waals surface area contributed by atoms with Crippen molar-refractivity contribution >= 4 is 23.8 Å². The van der Waals surface area contributed by atoms with Crippen molar-refractivity contribution in [2.45, 2.75) is 4.90 Å². The summed E-state index contributed by atoms with van der Waals surface area (Å²) in [6.07, 6.45) is 0. The van der Waals surface area contributed by atoms with Gasteiger partial charge in [-0.05, 0) is 24.1 Å². The lowest BCUT2D eigenvalue weighted by atomic mass is 10.4. The van der Waals surface area contributed by atoms with E-state index in [-0.39, 0.29) is 24.9 Å². The number of carbonyl (C=O) groups excluding carboxylic acids is 2. The highest BCUT2D eigenvalue weighted by Gasteiger charge is 2.22. The Kier molecular flexibility index (Phi) is 3.03. The van der Waals surface area contributed by atoms with Crippen molar-refractivity contribution < 1.29 is 9.59 Å². The first-order valence-electron chi connectivity index (χ1n) is 4.55. The SMILES string of the molecule is O=C1CN(Sc2ccccc2)CC(=O)N1. The van der Waals surface area contributed by atoms with Gasteiger partial charge in [-0.25, -0.2) is 4.31 Å². The van der Waals surface area contributed by atoms with E-state index in [1.165, 1.54) is 11.9 Å². The van der Waals surface area contributed by atoms with Crippen LogP contribution >= 0.6 is 11.9 Å². The van der Waals surface area contributed by atoms with Gasteiger partial charge in [-0.2, -0.15) is 0 Å². The van der Waals surface area contributed by atoms with Crippen molar-refractivity contribution in [3.05, 3.63) is 30.3 Å². The number of carbonyl (C=O) groups is 2. The molecule has 0 atom stereocenters. The minimum absolute atomic E-state index is 0.241. The van der Waals surface area contributed by atoms with Crippen LogP contribution in [-0.2, 0) is 9.59 Å². The molecular formula is C10H10N2O2S. The summed E-state index contributed by atoms with van der Waals surface area (Å²) in [5.74, 6) is -0.482. The highest BCUT2D eigenvalue weighted by molar-refractivity contribution is 7.97. The van der Waals surface area contributed by atoms with Gasteiger partial charge in [0.2, 0.25) is 11.8 Å². The highest BCUT2D eigenvalue weighted by Crippen LogP contribution is 2.22. The summed E-state index contributed by atoms with van der Waals surface area (Å²) in [6.45, 7) is 0.511. The van der Waals surface area contributed by atoms with Gasteiger partial charge in [0, 0.05) is 4.90 Å². The minimum Gasteiger partial charge on any atom is -0.294 e. The summed E-state index contributed by atoms with van der Waals surface area (Å²) < 4.78 is 1.75. The molecule has 2 amide bonds. The van der Waals surface area contributed by atoms with Gasteiger partial charge in [0.05, 0.1) is 13.1 Å². The van der Waals surface area contributed by atoms with Crippen LogP contribution in [0.3, 0.4) is 0 Å². The van der Waals surface area contributed by atoms with Crippen LogP contribution in [-0.4, -0.2) is 29.2 Å². The maximum absolute atomic E-state index is 11.1. The molecule has 0 spiro atoms. The molecule has 78 valence electrons. The summed E-state index contributed by atoms with van der Waals surface area (Å²) >= 11 is 1.42. The van der Waals surface area contributed by atoms with E-state index in [0.29, 0.717) is 0 Å². The van der Waals surface area contributed by atoms with Crippen molar-refractivity contribution in [1.82, 2.24) is 9.62 Å². The molecule has 1 aromatic rings. The number of nitrogens with one attached hydrogen (secondary N) is 1. The van der Waals surface area contributed by atoms with Gasteiger partial charge in [0.25, 0.3) is 0 Å². The first kappa shape index (κ1) is 10.2. The fourth-order valence-electron chi connectivity index (χ4n) is 1.31. The van der Waals surface area contributed by atoms with Crippen molar-refractivity contribution in [2.75, 3.05) is 13.1 Å². The number of amides is 2. The zero-order valence-electron chi connectivity index (χ0n) is 7.97. The molecule has 1 aliphatic heterocycles. The predicted octanol–water partition coefficient (Wildman–Crippen LogP) is 0.652. The molecule has 4 nitrogen and oxygen atoms in total. The van der Waals surface area contributed by atoms with Crippen LogP contribution in [0, 0.1) is 0 Å². The van der Waals surface area contributed by atoms with E-state index >= 15 is 0 Å². The number of hydrogen-bond acceptors (Lipinski definition) is 4. The van der Waals surface area contributed by atoms with Gasteiger partial charge < -0.3 is 0 Å². The molecule has 5 heteroatoms. The summed E-state index contributed by atoms with van der Waals surface area (Å²) in [7, 11) is 0. The van der Waals surface area contributed by atoms with E-state index in [4.69, 9.17) is 0 Å². The van der Waals surface area contributed by atoms with Crippen LogP contribution in [0.1, 0.15) is 0 Å². The second-order valence-electron chi connectivity index (χ2n) is 3.17. The zero-order chi connectivity index (χ0) is 10.7. The van der Waals surface area contributed by atoms with Gasteiger partial charge in [0.1, 0.15) is 0 Å². The van der Waals surface area contributed by atoms with Crippen molar-refractivity contribution in [1.29, 1.82) is 0 Å². The lowest BCUT2D eigenvalue weighted by molar-refractivity contribution is -0.133. The van der Waals surface area contributed by atoms with Crippen LogP contribution in [0.25, 0.3) is 0 Å². The second kappa shape index (κ2) is 4.46. The van der Waals surface area contributed by atoms with E-state index in [9.17, 15) is 9.59 Å². The third-order valence-electron chi connectivity index (χ3n) is 1.90. The van der Waals surface area contributed by atoms with Crippen LogP contribution < -0.4 is 5.32 Å². The quantitative estimate of drug-likeness (QED) is 0.589. The Labute approximate surface area is 91.8 Å². The number of rotatable bonds is 2. The molecule has 1 N–H and O–H groups in total. The molecule has 0 bridgehead atoms. The smallest absolute Gasteiger partial charge is 0.241 e. The third kappa shape index (κ3) is 2.81. The Morgan fingerprint density at radius 1 is 1.07 bits per heavy atom. The molecule has 0 aromatic heterocycles. The van der Waals surface area contributed by atoms with Crippen LogP contribution in [0.4, 0.5) is 0 Å². The molecular weight excluding hydrogens is 212 g/mol. The lowest BCUT2D eigenvalue weighted by Crippen LogP contribution is -2.48. The molecule has 0 saturated carbocycles. The third-order valence-corrected chi connectivity index (χ3v) is 2.90. The first-order valence-corrected chi connectivity index (χ1v) is 5.32. The van der Waals surface area contributed by atoms with Gasteiger partial charge in [-0.15, -0.1) is 0 Å². The maximum atomic E-state index is 11.1. The van der Waals surface area contributed by atoms with Gasteiger partial charge in [0.15, 0.2) is 0 Å². The Bertz CT molecular complexity index is 364. The second-order valence-corrected chi connectivity index (χ2v) is 4.34. The molecule has 0 aliphatic carbocycles. The largest absolute Gasteiger partial charge is 0.294 e. The van der Waals surface area contributed by atoms with E-state index in [1.807, 2.05) is 30.3 Å². The Morgan fingerprint density at radius 2 is 1.67 bits per heavy atom. The van der Waals surface area contributed by atoms with E-state index in [0.717, 1.165) is 4.90 Å². The lowest BCUT2D eigenvalue weighted by Gasteiger charge is -2.23. The highest BCUT2D eigenvalue weighted by atomic mass is 32.2. The monoisotopic (exact) mass is 222 g/mol. The predicted molar refractivity (Wildman–Crippen MR) is 57.0 cm³/mol. The fourth-order valence-corrected chi connectivity index (χ4v) is 2.25. The van der Waals surface area contributed by atoms with Crippen LogP contribution in [0.2, 0.25) is 0 Å². The number of benzene rings is 1. The van der Waals surface area contributed by atoms with Gasteiger partial charge in [-0.1, -0.05) is 18.2 Å². The summed E-state index contributed by atoms with van der Waals surface area (Å²) in [5.41, 5.74) is 0. The zero-order valence-corrected chi connectivity index (χ0v) is 8.79. The minimum atomic E-state index is -0.241. The first-order chi connectivity index (χ1) is 7.24. The summed E-state index contributed by atoms with van der Waals surface area (Å²) in [5, 5.41) is 2.26. The molecule has 1 heterocycles. The molecule has 0 radical (unpaired) electrons. The van der Waals surface area contributed by atoms with Crippen molar-refractivity contribution in [3.63, 3.8) is 0 Å². The van der Waals surface area contributed by atoms with E-state index in [2.05, 4.69) is 5.32 Å². The normalized spacial score (nSPS) is 17.6. The summed E-state index contributed by atoms with van der Waals surface area (Å²) in [4.78, 5) is 23.2. The Balaban J connectivity index is 2.00. The molecule has 1 fully saturated rings. The molecule has 1 saturated heterocycles. The van der Waals surface area contributed by atoms with Gasteiger partial charge in [-0.3, -0.25) is 14.9 Å². The standard InChI is InChI=1S/C10H10N2O2S/c13-9-6-12(7-10(14)11-9)15-8-4-2-1-3-5-8/h1-5H,6-7H2,(H,11,13,14). The average Bonchev–Trinajstić information content (AvgIpc) is 2.17. The van der Waals surface area contributed by atoms with Crippen LogP contribution in [0.5, 0.6) is 0 Å². The van der Waals surface area contributed by atoms with Crippen molar-refractivity contribution in [3.8, 4) is 0 Å². The number of piperazine rings is 1.